The molecule has 1 amide bonds. The van der Waals surface area contributed by atoms with Crippen LogP contribution in [-0.2, 0) is 14.3 Å². The molecule has 1 aromatic carbocycles. The van der Waals surface area contributed by atoms with Gasteiger partial charge >= 0.3 is 5.97 Å². The zero-order valence-electron chi connectivity index (χ0n) is 13.5. The normalized spacial score (nSPS) is 16.0. The summed E-state index contributed by atoms with van der Waals surface area (Å²) in [4.78, 5) is 27.8. The first-order chi connectivity index (χ1) is 12.1. The van der Waals surface area contributed by atoms with E-state index in [1.54, 1.807) is 12.1 Å². The van der Waals surface area contributed by atoms with Crippen molar-refractivity contribution in [3.8, 4) is 6.07 Å². The Bertz CT molecular complexity index is 824. The quantitative estimate of drug-likeness (QED) is 0.662. The van der Waals surface area contributed by atoms with Gasteiger partial charge in [0, 0.05) is 12.2 Å². The Morgan fingerprint density at radius 2 is 2.12 bits per heavy atom. The maximum Gasteiger partial charge on any atom is 0.331 e. The third kappa shape index (κ3) is 4.04. The number of ether oxygens (including phenoxy) is 1. The first kappa shape index (κ1) is 16.7. The van der Waals surface area contributed by atoms with Crippen molar-refractivity contribution in [3.63, 3.8) is 0 Å². The largest absolute Gasteiger partial charge is 0.452 e. The van der Waals surface area contributed by atoms with Crippen LogP contribution in [0.4, 0.5) is 0 Å². The predicted molar refractivity (Wildman–Crippen MR) is 89.0 cm³/mol. The van der Waals surface area contributed by atoms with Gasteiger partial charge in [-0.15, -0.1) is 0 Å². The predicted octanol–water partition coefficient (Wildman–Crippen LogP) is 2.34. The fraction of sp³-hybridized carbons (Fsp3) is 0.333. The summed E-state index contributed by atoms with van der Waals surface area (Å²) in [5.74, 6) is -0.890. The van der Waals surface area contributed by atoms with E-state index in [-0.39, 0.29) is 5.89 Å². The van der Waals surface area contributed by atoms with Crippen molar-refractivity contribution >= 4 is 29.1 Å². The molecule has 3 rings (SSSR count). The second kappa shape index (κ2) is 7.18. The van der Waals surface area contributed by atoms with E-state index in [0.717, 1.165) is 18.9 Å². The Balaban J connectivity index is 1.50. The summed E-state index contributed by atoms with van der Waals surface area (Å²) in [6.07, 6.45) is 5.59. The van der Waals surface area contributed by atoms with E-state index in [9.17, 15) is 14.9 Å². The van der Waals surface area contributed by atoms with Crippen LogP contribution in [0.25, 0.3) is 17.2 Å². The van der Waals surface area contributed by atoms with E-state index in [0.29, 0.717) is 23.9 Å². The summed E-state index contributed by atoms with van der Waals surface area (Å²) < 4.78 is 10.3. The number of para-hydroxylation sites is 2. The highest BCUT2D eigenvalue weighted by Gasteiger charge is 2.35. The van der Waals surface area contributed by atoms with E-state index in [1.807, 2.05) is 12.1 Å². The van der Waals surface area contributed by atoms with Gasteiger partial charge in [0.2, 0.25) is 5.89 Å². The van der Waals surface area contributed by atoms with Crippen molar-refractivity contribution in [1.82, 2.24) is 10.3 Å². The third-order valence-electron chi connectivity index (χ3n) is 4.07. The van der Waals surface area contributed by atoms with Crippen molar-refractivity contribution in [2.24, 2.45) is 0 Å². The molecule has 7 heteroatoms. The number of esters is 1. The number of amides is 1. The van der Waals surface area contributed by atoms with Gasteiger partial charge in [-0.2, -0.15) is 5.26 Å². The third-order valence-corrected chi connectivity index (χ3v) is 4.07. The molecule has 1 aliphatic carbocycles. The van der Waals surface area contributed by atoms with Gasteiger partial charge in [0.05, 0.1) is 6.07 Å². The topological polar surface area (TPSA) is 105 Å². The van der Waals surface area contributed by atoms with Crippen molar-refractivity contribution in [1.29, 1.82) is 5.26 Å². The fourth-order valence-corrected chi connectivity index (χ4v) is 2.83. The first-order valence-corrected chi connectivity index (χ1v) is 8.03. The molecule has 0 aliphatic heterocycles. The SMILES string of the molecule is N#CC1(NC(=O)COC(=O)/C=C/c2nc3ccccc3o2)CCCC1. The van der Waals surface area contributed by atoms with Gasteiger partial charge < -0.3 is 14.5 Å². The molecular weight excluding hydrogens is 322 g/mol. The molecule has 25 heavy (non-hydrogen) atoms. The summed E-state index contributed by atoms with van der Waals surface area (Å²) >= 11 is 0. The molecule has 1 aliphatic rings. The Morgan fingerprint density at radius 1 is 1.36 bits per heavy atom. The first-order valence-electron chi connectivity index (χ1n) is 8.03. The fourth-order valence-electron chi connectivity index (χ4n) is 2.83. The second-order valence-corrected chi connectivity index (χ2v) is 5.91. The summed E-state index contributed by atoms with van der Waals surface area (Å²) in [5.41, 5.74) is 0.485. The Hall–Kier alpha value is -3.14. The lowest BCUT2D eigenvalue weighted by Gasteiger charge is -2.21. The van der Waals surface area contributed by atoms with Gasteiger partial charge in [-0.05, 0) is 37.8 Å². The van der Waals surface area contributed by atoms with Gasteiger partial charge in [0.15, 0.2) is 12.2 Å². The van der Waals surface area contributed by atoms with Crippen LogP contribution in [-0.4, -0.2) is 29.0 Å². The van der Waals surface area contributed by atoms with Gasteiger partial charge in [0.25, 0.3) is 5.91 Å². The molecule has 0 spiro atoms. The number of hydrogen-bond donors (Lipinski definition) is 1. The van der Waals surface area contributed by atoms with Crippen molar-refractivity contribution in [2.45, 2.75) is 31.2 Å². The molecule has 0 bridgehead atoms. The number of carbonyl (C=O) groups is 2. The number of rotatable bonds is 5. The second-order valence-electron chi connectivity index (χ2n) is 5.91. The summed E-state index contributed by atoms with van der Waals surface area (Å²) in [6, 6.07) is 9.38. The minimum Gasteiger partial charge on any atom is -0.452 e. The number of fused-ring (bicyclic) bond motifs is 1. The van der Waals surface area contributed by atoms with Crippen molar-refractivity contribution < 1.29 is 18.7 Å². The van der Waals surface area contributed by atoms with E-state index < -0.39 is 24.0 Å². The van der Waals surface area contributed by atoms with Crippen LogP contribution in [0.3, 0.4) is 0 Å². The highest BCUT2D eigenvalue weighted by Crippen LogP contribution is 2.28. The monoisotopic (exact) mass is 339 g/mol. The van der Waals surface area contributed by atoms with Gasteiger partial charge in [-0.25, -0.2) is 9.78 Å². The number of oxazole rings is 1. The lowest BCUT2D eigenvalue weighted by atomic mass is 10.00. The van der Waals surface area contributed by atoms with E-state index in [1.165, 1.54) is 6.08 Å². The number of benzene rings is 1. The zero-order valence-corrected chi connectivity index (χ0v) is 13.5. The molecule has 0 radical (unpaired) electrons. The van der Waals surface area contributed by atoms with E-state index in [4.69, 9.17) is 9.15 Å². The maximum absolute atomic E-state index is 11.9. The number of hydrogen-bond acceptors (Lipinski definition) is 6. The molecule has 1 N–H and O–H groups in total. The Kier molecular flexibility index (Phi) is 4.80. The number of carbonyl (C=O) groups excluding carboxylic acids is 2. The highest BCUT2D eigenvalue weighted by molar-refractivity contribution is 5.89. The Morgan fingerprint density at radius 3 is 2.84 bits per heavy atom. The van der Waals surface area contributed by atoms with Crippen LogP contribution in [0.2, 0.25) is 0 Å². The number of nitrogens with zero attached hydrogens (tertiary/aromatic N) is 2. The minimum absolute atomic E-state index is 0.275. The number of aromatic nitrogens is 1. The van der Waals surface area contributed by atoms with Gasteiger partial charge in [-0.1, -0.05) is 12.1 Å². The molecule has 1 fully saturated rings. The molecule has 0 saturated heterocycles. The average molecular weight is 339 g/mol. The van der Waals surface area contributed by atoms with E-state index >= 15 is 0 Å². The molecule has 0 unspecified atom stereocenters. The number of nitrogens with one attached hydrogen (secondary N) is 1. The zero-order chi connectivity index (χ0) is 17.7. The standard InChI is InChI=1S/C18H17N3O4/c19-12-18(9-3-4-10-18)21-15(22)11-24-17(23)8-7-16-20-13-5-1-2-6-14(13)25-16/h1-2,5-8H,3-4,9-11H2,(H,21,22)/b8-7+. The molecule has 1 aromatic heterocycles. The summed E-state index contributed by atoms with van der Waals surface area (Å²) in [7, 11) is 0. The lowest BCUT2D eigenvalue weighted by molar-refractivity contribution is -0.144. The molecular formula is C18H17N3O4. The van der Waals surface area contributed by atoms with Gasteiger partial charge in [-0.3, -0.25) is 4.79 Å². The molecule has 2 aromatic rings. The van der Waals surface area contributed by atoms with Crippen LogP contribution >= 0.6 is 0 Å². The maximum atomic E-state index is 11.9. The Labute approximate surface area is 144 Å². The van der Waals surface area contributed by atoms with Crippen LogP contribution in [0.1, 0.15) is 31.6 Å². The number of nitriles is 1. The summed E-state index contributed by atoms with van der Waals surface area (Å²) in [5, 5.41) is 11.9. The molecule has 1 heterocycles. The molecule has 128 valence electrons. The lowest BCUT2D eigenvalue weighted by Crippen LogP contribution is -2.46. The minimum atomic E-state index is -0.822. The smallest absolute Gasteiger partial charge is 0.331 e. The van der Waals surface area contributed by atoms with Crippen LogP contribution in [0.15, 0.2) is 34.8 Å². The van der Waals surface area contributed by atoms with Crippen LogP contribution < -0.4 is 5.32 Å². The average Bonchev–Trinajstić information content (AvgIpc) is 3.25. The summed E-state index contributed by atoms with van der Waals surface area (Å²) in [6.45, 7) is -0.430. The van der Waals surface area contributed by atoms with Crippen molar-refractivity contribution in [3.05, 3.63) is 36.2 Å². The molecule has 0 atom stereocenters. The van der Waals surface area contributed by atoms with E-state index in [2.05, 4.69) is 16.4 Å². The highest BCUT2D eigenvalue weighted by atomic mass is 16.5. The van der Waals surface area contributed by atoms with Gasteiger partial charge in [0.1, 0.15) is 11.1 Å². The molecule has 1 saturated carbocycles. The van der Waals surface area contributed by atoms with Crippen LogP contribution in [0.5, 0.6) is 0 Å². The molecule has 7 nitrogen and oxygen atoms in total. The van der Waals surface area contributed by atoms with Crippen molar-refractivity contribution in [2.75, 3.05) is 6.61 Å². The van der Waals surface area contributed by atoms with Crippen LogP contribution in [0, 0.1) is 11.3 Å².